The van der Waals surface area contributed by atoms with Crippen LogP contribution in [0.3, 0.4) is 0 Å². The number of aromatic amines is 1. The zero-order chi connectivity index (χ0) is 21.9. The van der Waals surface area contributed by atoms with Gasteiger partial charge in [-0.1, -0.05) is 30.3 Å². The molecule has 0 saturated carbocycles. The Morgan fingerprint density at radius 3 is 2.72 bits per heavy atom. The van der Waals surface area contributed by atoms with Crippen LogP contribution in [0.4, 0.5) is 4.39 Å². The average molecular weight is 429 g/mol. The number of likely N-dealkylation sites (tertiary alicyclic amines) is 1. The van der Waals surface area contributed by atoms with E-state index in [2.05, 4.69) is 31.5 Å². The molecular weight excluding hydrogens is 405 g/mol. The van der Waals surface area contributed by atoms with E-state index in [0.717, 1.165) is 49.1 Å². The molecule has 2 aromatic heterocycles. The third kappa shape index (κ3) is 4.38. The van der Waals surface area contributed by atoms with Crippen molar-refractivity contribution in [1.82, 2.24) is 25.4 Å². The first kappa shape index (κ1) is 20.3. The van der Waals surface area contributed by atoms with Gasteiger partial charge in [0.25, 0.3) is 5.91 Å². The second-order valence-electron chi connectivity index (χ2n) is 8.19. The van der Waals surface area contributed by atoms with E-state index in [1.807, 2.05) is 18.2 Å². The predicted octanol–water partition coefficient (Wildman–Crippen LogP) is 4.16. The van der Waals surface area contributed by atoms with Gasteiger partial charge in [-0.15, -0.1) is 0 Å². The lowest BCUT2D eigenvalue weighted by Crippen LogP contribution is -2.44. The van der Waals surface area contributed by atoms with E-state index in [1.165, 1.54) is 12.1 Å². The molecule has 0 unspecified atom stereocenters. The summed E-state index contributed by atoms with van der Waals surface area (Å²) in [4.78, 5) is 19.4. The summed E-state index contributed by atoms with van der Waals surface area (Å²) in [5, 5.41) is 11.8. The van der Waals surface area contributed by atoms with Gasteiger partial charge in [-0.25, -0.2) is 4.39 Å². The number of nitrogens with one attached hydrogen (secondary N) is 2. The highest BCUT2D eigenvalue weighted by molar-refractivity contribution is 5.94. The number of carbonyl (C=O) groups is 1. The van der Waals surface area contributed by atoms with E-state index in [1.54, 1.807) is 30.5 Å². The molecule has 2 N–H and O–H groups in total. The van der Waals surface area contributed by atoms with Crippen molar-refractivity contribution in [2.75, 3.05) is 13.1 Å². The van der Waals surface area contributed by atoms with Crippen LogP contribution >= 0.6 is 0 Å². The minimum Gasteiger partial charge on any atom is -0.349 e. The highest BCUT2D eigenvalue weighted by atomic mass is 19.1. The first-order chi connectivity index (χ1) is 15.7. The van der Waals surface area contributed by atoms with Crippen molar-refractivity contribution in [3.8, 4) is 11.3 Å². The van der Waals surface area contributed by atoms with Crippen molar-refractivity contribution in [2.24, 2.45) is 0 Å². The Morgan fingerprint density at radius 2 is 1.94 bits per heavy atom. The van der Waals surface area contributed by atoms with Crippen molar-refractivity contribution in [3.63, 3.8) is 0 Å². The monoisotopic (exact) mass is 429 g/mol. The number of para-hydroxylation sites is 1. The number of piperidine rings is 1. The summed E-state index contributed by atoms with van der Waals surface area (Å²) in [5.41, 5.74) is 3.96. The number of fused-ring (bicyclic) bond motifs is 1. The van der Waals surface area contributed by atoms with E-state index < -0.39 is 0 Å². The summed E-state index contributed by atoms with van der Waals surface area (Å²) < 4.78 is 13.4. The molecule has 162 valence electrons. The average Bonchev–Trinajstić information content (AvgIpc) is 3.23. The van der Waals surface area contributed by atoms with E-state index in [0.29, 0.717) is 16.8 Å². The van der Waals surface area contributed by atoms with Crippen LogP contribution in [-0.2, 0) is 6.54 Å². The molecule has 2 aromatic carbocycles. The number of carbonyl (C=O) groups excluding carboxylic acids is 1. The fraction of sp³-hybridized carbons (Fsp3) is 0.240. The molecule has 3 heterocycles. The van der Waals surface area contributed by atoms with Crippen LogP contribution in [0.25, 0.3) is 22.2 Å². The molecule has 0 spiro atoms. The van der Waals surface area contributed by atoms with Crippen LogP contribution in [-0.4, -0.2) is 45.1 Å². The number of hydrogen-bond acceptors (Lipinski definition) is 4. The molecule has 0 aliphatic carbocycles. The summed E-state index contributed by atoms with van der Waals surface area (Å²) in [7, 11) is 0. The van der Waals surface area contributed by atoms with Gasteiger partial charge in [0, 0.05) is 42.8 Å². The summed E-state index contributed by atoms with van der Waals surface area (Å²) in [6, 6.07) is 18.0. The maximum Gasteiger partial charge on any atom is 0.253 e. The molecule has 1 saturated heterocycles. The second kappa shape index (κ2) is 8.88. The summed E-state index contributed by atoms with van der Waals surface area (Å²) >= 11 is 0. The molecule has 1 amide bonds. The van der Waals surface area contributed by atoms with Crippen molar-refractivity contribution in [2.45, 2.75) is 25.4 Å². The van der Waals surface area contributed by atoms with Crippen LogP contribution in [0.5, 0.6) is 0 Å². The van der Waals surface area contributed by atoms with E-state index in [-0.39, 0.29) is 17.8 Å². The fourth-order valence-corrected chi connectivity index (χ4v) is 4.21. The molecule has 32 heavy (non-hydrogen) atoms. The van der Waals surface area contributed by atoms with Gasteiger partial charge in [0.05, 0.1) is 22.5 Å². The van der Waals surface area contributed by atoms with E-state index in [9.17, 15) is 9.18 Å². The number of H-pyrrole nitrogens is 1. The Bertz CT molecular complexity index is 1230. The molecule has 0 radical (unpaired) electrons. The lowest BCUT2D eigenvalue weighted by Gasteiger charge is -2.32. The van der Waals surface area contributed by atoms with Gasteiger partial charge in [-0.2, -0.15) is 5.10 Å². The molecule has 6 nitrogen and oxygen atoms in total. The molecule has 0 bridgehead atoms. The number of rotatable bonds is 5. The first-order valence-electron chi connectivity index (χ1n) is 10.8. The Kier molecular flexibility index (Phi) is 5.64. The minimum atomic E-state index is -0.307. The second-order valence-corrected chi connectivity index (χ2v) is 8.19. The predicted molar refractivity (Wildman–Crippen MR) is 121 cm³/mol. The normalized spacial score (nSPS) is 15.2. The number of amides is 1. The number of aromatic nitrogens is 3. The third-order valence-electron chi connectivity index (χ3n) is 5.99. The Hall–Kier alpha value is -3.58. The van der Waals surface area contributed by atoms with Crippen molar-refractivity contribution in [1.29, 1.82) is 0 Å². The zero-order valence-electron chi connectivity index (χ0n) is 17.6. The van der Waals surface area contributed by atoms with Gasteiger partial charge in [-0.3, -0.25) is 19.8 Å². The number of benzene rings is 2. The van der Waals surface area contributed by atoms with Crippen LogP contribution in [0.1, 0.15) is 28.9 Å². The molecular formula is C25H24FN5O. The Labute approximate surface area is 185 Å². The molecule has 5 rings (SSSR count). The van der Waals surface area contributed by atoms with Crippen LogP contribution in [0.15, 0.2) is 66.9 Å². The van der Waals surface area contributed by atoms with Crippen LogP contribution in [0, 0.1) is 5.82 Å². The van der Waals surface area contributed by atoms with Gasteiger partial charge in [-0.05, 0) is 43.2 Å². The van der Waals surface area contributed by atoms with Crippen molar-refractivity contribution < 1.29 is 9.18 Å². The summed E-state index contributed by atoms with van der Waals surface area (Å²) in [5.74, 6) is -0.431. The number of pyridine rings is 1. The van der Waals surface area contributed by atoms with Gasteiger partial charge < -0.3 is 5.32 Å². The van der Waals surface area contributed by atoms with Gasteiger partial charge in [0.1, 0.15) is 5.82 Å². The largest absolute Gasteiger partial charge is 0.349 e. The van der Waals surface area contributed by atoms with Crippen molar-refractivity contribution >= 4 is 16.8 Å². The molecule has 1 aliphatic rings. The first-order valence-corrected chi connectivity index (χ1v) is 10.8. The highest BCUT2D eigenvalue weighted by Gasteiger charge is 2.22. The quantitative estimate of drug-likeness (QED) is 0.500. The number of halogens is 1. The van der Waals surface area contributed by atoms with Gasteiger partial charge in [0.2, 0.25) is 0 Å². The lowest BCUT2D eigenvalue weighted by atomic mass is 10.0. The fourth-order valence-electron chi connectivity index (χ4n) is 4.21. The zero-order valence-corrected chi connectivity index (χ0v) is 17.6. The Balaban J connectivity index is 1.15. The van der Waals surface area contributed by atoms with E-state index >= 15 is 0 Å². The third-order valence-corrected chi connectivity index (χ3v) is 5.99. The van der Waals surface area contributed by atoms with Crippen LogP contribution < -0.4 is 5.32 Å². The van der Waals surface area contributed by atoms with Gasteiger partial charge in [0.15, 0.2) is 0 Å². The minimum absolute atomic E-state index is 0.124. The summed E-state index contributed by atoms with van der Waals surface area (Å²) in [6.07, 6.45) is 3.34. The highest BCUT2D eigenvalue weighted by Crippen LogP contribution is 2.20. The van der Waals surface area contributed by atoms with Crippen molar-refractivity contribution in [3.05, 3.63) is 83.9 Å². The molecule has 1 aliphatic heterocycles. The lowest BCUT2D eigenvalue weighted by molar-refractivity contribution is 0.0908. The molecule has 0 atom stereocenters. The smallest absolute Gasteiger partial charge is 0.253 e. The molecule has 7 heteroatoms. The number of nitrogens with zero attached hydrogens (tertiary/aromatic N) is 3. The SMILES string of the molecule is O=C(NC1CCN(Cc2[nH]nc3ccccc23)CC1)c1ccc(-c2cccc(F)c2)nc1. The number of hydrogen-bond donors (Lipinski definition) is 2. The Morgan fingerprint density at radius 1 is 1.09 bits per heavy atom. The topological polar surface area (TPSA) is 73.9 Å². The standard InChI is InChI=1S/C25H24FN5O/c26-19-5-3-4-17(14-19)22-9-8-18(15-27-22)25(32)28-20-10-12-31(13-11-20)16-24-21-6-1-2-7-23(21)29-30-24/h1-9,14-15,20H,10-13,16H2,(H,28,32)(H,29,30). The molecule has 1 fully saturated rings. The van der Waals surface area contributed by atoms with Gasteiger partial charge >= 0.3 is 0 Å². The maximum absolute atomic E-state index is 13.4. The van der Waals surface area contributed by atoms with E-state index in [4.69, 9.17) is 0 Å². The molecule has 4 aromatic rings. The maximum atomic E-state index is 13.4. The summed E-state index contributed by atoms with van der Waals surface area (Å²) in [6.45, 7) is 2.65. The van der Waals surface area contributed by atoms with Crippen LogP contribution in [0.2, 0.25) is 0 Å².